The second kappa shape index (κ2) is 9.43. The van der Waals surface area contributed by atoms with Gasteiger partial charge in [0, 0.05) is 25.1 Å². The monoisotopic (exact) mass is 483 g/mol. The van der Waals surface area contributed by atoms with E-state index in [-0.39, 0.29) is 35.8 Å². The summed E-state index contributed by atoms with van der Waals surface area (Å²) in [4.78, 5) is 17.1. The van der Waals surface area contributed by atoms with Crippen molar-refractivity contribution in [2.24, 2.45) is 5.92 Å². The van der Waals surface area contributed by atoms with Crippen molar-refractivity contribution in [1.29, 1.82) is 0 Å². The predicted molar refractivity (Wildman–Crippen MR) is 123 cm³/mol. The van der Waals surface area contributed by atoms with Crippen LogP contribution in [0.3, 0.4) is 0 Å². The summed E-state index contributed by atoms with van der Waals surface area (Å²) >= 11 is 0. The summed E-state index contributed by atoms with van der Waals surface area (Å²) in [7, 11) is -3.69. The Morgan fingerprint density at radius 1 is 1.03 bits per heavy atom. The van der Waals surface area contributed by atoms with Gasteiger partial charge in [-0.15, -0.1) is 5.10 Å². The number of carbonyl (C=O) groups excluding carboxylic acids is 1. The second-order valence-corrected chi connectivity index (χ2v) is 10.2. The number of nitrogens with one attached hydrogen (secondary N) is 1. The Hall–Kier alpha value is -3.44. The average molecular weight is 484 g/mol. The van der Waals surface area contributed by atoms with Gasteiger partial charge in [-0.3, -0.25) is 10.1 Å². The highest BCUT2D eigenvalue weighted by Gasteiger charge is 2.33. The standard InChI is InChI=1S/C23H25N5O5S/c29-22(25-23-24-16-27(26-23)15-17-4-2-1-3-5-17)18-8-10-28(11-9-18)34(30,31)19-6-7-20-21(14-19)33-13-12-32-20/h1-7,14,16,18H,8-13,15H2,(H,25,26,29). The van der Waals surface area contributed by atoms with Gasteiger partial charge in [0.1, 0.15) is 19.5 Å². The Morgan fingerprint density at radius 2 is 1.76 bits per heavy atom. The summed E-state index contributed by atoms with van der Waals surface area (Å²) in [5.74, 6) is 0.704. The molecule has 1 aromatic heterocycles. The molecule has 0 saturated carbocycles. The van der Waals surface area contributed by atoms with Crippen LogP contribution in [0.4, 0.5) is 5.95 Å². The summed E-state index contributed by atoms with van der Waals surface area (Å²) in [6, 6.07) is 14.5. The van der Waals surface area contributed by atoms with Crippen LogP contribution in [0, 0.1) is 5.92 Å². The molecule has 0 spiro atoms. The zero-order chi connectivity index (χ0) is 23.5. The van der Waals surface area contributed by atoms with E-state index in [0.29, 0.717) is 44.1 Å². The molecule has 1 saturated heterocycles. The lowest BCUT2D eigenvalue weighted by Crippen LogP contribution is -2.41. The van der Waals surface area contributed by atoms with Gasteiger partial charge >= 0.3 is 0 Å². The number of piperidine rings is 1. The number of sulfonamides is 1. The normalized spacial score (nSPS) is 16.8. The predicted octanol–water partition coefficient (Wildman–Crippen LogP) is 2.14. The third-order valence-corrected chi connectivity index (χ3v) is 7.83. The van der Waals surface area contributed by atoms with Gasteiger partial charge in [-0.1, -0.05) is 30.3 Å². The van der Waals surface area contributed by atoms with Crippen molar-refractivity contribution in [1.82, 2.24) is 19.1 Å². The maximum Gasteiger partial charge on any atom is 0.248 e. The van der Waals surface area contributed by atoms with Crippen molar-refractivity contribution >= 4 is 21.9 Å². The number of anilines is 1. The summed E-state index contributed by atoms with van der Waals surface area (Å²) in [5, 5.41) is 7.07. The second-order valence-electron chi connectivity index (χ2n) is 8.22. The average Bonchev–Trinajstić information content (AvgIpc) is 3.30. The minimum atomic E-state index is -3.69. The van der Waals surface area contributed by atoms with Crippen molar-refractivity contribution < 1.29 is 22.7 Å². The van der Waals surface area contributed by atoms with E-state index in [0.717, 1.165) is 5.56 Å². The quantitative estimate of drug-likeness (QED) is 0.571. The Morgan fingerprint density at radius 3 is 2.53 bits per heavy atom. The first kappa shape index (κ1) is 22.4. The van der Waals surface area contributed by atoms with Gasteiger partial charge in [0.25, 0.3) is 0 Å². The van der Waals surface area contributed by atoms with Crippen LogP contribution in [0.25, 0.3) is 0 Å². The Bertz CT molecular complexity index is 1270. The van der Waals surface area contributed by atoms with E-state index in [1.54, 1.807) is 17.1 Å². The van der Waals surface area contributed by atoms with E-state index >= 15 is 0 Å². The largest absolute Gasteiger partial charge is 0.486 e. The highest BCUT2D eigenvalue weighted by atomic mass is 32.2. The van der Waals surface area contributed by atoms with Crippen molar-refractivity contribution in [2.45, 2.75) is 24.3 Å². The van der Waals surface area contributed by atoms with Crippen LogP contribution in [0.15, 0.2) is 59.8 Å². The molecule has 3 aromatic rings. The maximum atomic E-state index is 13.1. The van der Waals surface area contributed by atoms with Crippen LogP contribution >= 0.6 is 0 Å². The first-order chi connectivity index (χ1) is 16.5. The minimum Gasteiger partial charge on any atom is -0.486 e. The van der Waals surface area contributed by atoms with Gasteiger partial charge in [-0.2, -0.15) is 4.31 Å². The number of fused-ring (bicyclic) bond motifs is 1. The number of aromatic nitrogens is 3. The molecule has 2 aromatic carbocycles. The molecule has 0 bridgehead atoms. The first-order valence-electron chi connectivity index (χ1n) is 11.1. The lowest BCUT2D eigenvalue weighted by Gasteiger charge is -2.30. The molecule has 0 atom stereocenters. The van der Waals surface area contributed by atoms with Crippen LogP contribution in [0.5, 0.6) is 11.5 Å². The number of rotatable bonds is 6. The molecular formula is C23H25N5O5S. The molecule has 2 aliphatic rings. The van der Waals surface area contributed by atoms with Crippen LogP contribution in [-0.4, -0.2) is 59.7 Å². The van der Waals surface area contributed by atoms with Crippen LogP contribution in [0.2, 0.25) is 0 Å². The van der Waals surface area contributed by atoms with E-state index in [9.17, 15) is 13.2 Å². The van der Waals surface area contributed by atoms with Crippen molar-refractivity contribution in [3.63, 3.8) is 0 Å². The van der Waals surface area contributed by atoms with Gasteiger partial charge in [-0.05, 0) is 30.5 Å². The minimum absolute atomic E-state index is 0.160. The lowest BCUT2D eigenvalue weighted by atomic mass is 9.97. The maximum absolute atomic E-state index is 13.1. The molecule has 1 fully saturated rings. The third-order valence-electron chi connectivity index (χ3n) is 5.94. The number of carbonyl (C=O) groups is 1. The molecule has 10 nitrogen and oxygen atoms in total. The molecule has 0 unspecified atom stereocenters. The fourth-order valence-electron chi connectivity index (χ4n) is 4.10. The van der Waals surface area contributed by atoms with Crippen LogP contribution in [0.1, 0.15) is 18.4 Å². The van der Waals surface area contributed by atoms with Crippen molar-refractivity contribution in [3.05, 3.63) is 60.4 Å². The molecule has 0 radical (unpaired) electrons. The summed E-state index contributed by atoms with van der Waals surface area (Å²) in [6.45, 7) is 1.89. The summed E-state index contributed by atoms with van der Waals surface area (Å²) in [6.07, 6.45) is 2.41. The highest BCUT2D eigenvalue weighted by Crippen LogP contribution is 2.34. The number of amides is 1. The van der Waals surface area contributed by atoms with Crippen LogP contribution in [-0.2, 0) is 21.4 Å². The van der Waals surface area contributed by atoms with E-state index in [1.807, 2.05) is 30.3 Å². The van der Waals surface area contributed by atoms with Crippen molar-refractivity contribution in [3.8, 4) is 11.5 Å². The molecule has 178 valence electrons. The van der Waals surface area contributed by atoms with E-state index < -0.39 is 10.0 Å². The van der Waals surface area contributed by atoms with E-state index in [1.165, 1.54) is 16.4 Å². The molecule has 3 heterocycles. The molecule has 1 amide bonds. The summed E-state index contributed by atoms with van der Waals surface area (Å²) in [5.41, 5.74) is 1.08. The number of ether oxygens (including phenoxy) is 2. The van der Waals surface area contributed by atoms with Gasteiger partial charge in [-0.25, -0.2) is 18.1 Å². The smallest absolute Gasteiger partial charge is 0.248 e. The fraction of sp³-hybridized carbons (Fsp3) is 0.348. The Kier molecular flexibility index (Phi) is 6.20. The Balaban J connectivity index is 1.17. The number of benzene rings is 2. The molecule has 34 heavy (non-hydrogen) atoms. The van der Waals surface area contributed by atoms with Crippen LogP contribution < -0.4 is 14.8 Å². The molecule has 5 rings (SSSR count). The molecule has 0 aliphatic carbocycles. The molecule has 11 heteroatoms. The molecule has 2 aliphatic heterocycles. The van der Waals surface area contributed by atoms with Gasteiger partial charge in [0.05, 0.1) is 11.4 Å². The SMILES string of the molecule is O=C(Nc1ncn(Cc2ccccc2)n1)C1CCN(S(=O)(=O)c2ccc3c(c2)OCCO3)CC1. The molecule has 1 N–H and O–H groups in total. The van der Waals surface area contributed by atoms with Gasteiger partial charge in [0.2, 0.25) is 21.9 Å². The lowest BCUT2D eigenvalue weighted by molar-refractivity contribution is -0.121. The topological polar surface area (TPSA) is 116 Å². The van der Waals surface area contributed by atoms with Gasteiger partial charge in [0.15, 0.2) is 11.5 Å². The number of hydrogen-bond acceptors (Lipinski definition) is 7. The summed E-state index contributed by atoms with van der Waals surface area (Å²) < 4.78 is 40.3. The number of nitrogens with zero attached hydrogens (tertiary/aromatic N) is 4. The zero-order valence-corrected chi connectivity index (χ0v) is 19.3. The zero-order valence-electron chi connectivity index (χ0n) is 18.5. The Labute approximate surface area is 197 Å². The molecular weight excluding hydrogens is 458 g/mol. The van der Waals surface area contributed by atoms with E-state index in [2.05, 4.69) is 15.4 Å². The fourth-order valence-corrected chi connectivity index (χ4v) is 5.59. The first-order valence-corrected chi connectivity index (χ1v) is 12.6. The number of hydrogen-bond donors (Lipinski definition) is 1. The van der Waals surface area contributed by atoms with E-state index in [4.69, 9.17) is 9.47 Å². The van der Waals surface area contributed by atoms with Crippen molar-refractivity contribution in [2.75, 3.05) is 31.6 Å². The third kappa shape index (κ3) is 4.75. The van der Waals surface area contributed by atoms with Gasteiger partial charge < -0.3 is 9.47 Å². The highest BCUT2D eigenvalue weighted by molar-refractivity contribution is 7.89.